The summed E-state index contributed by atoms with van der Waals surface area (Å²) < 4.78 is 5.53. The van der Waals surface area contributed by atoms with E-state index >= 15 is 0 Å². The number of ketones is 1. The molecule has 1 aromatic carbocycles. The highest BCUT2D eigenvalue weighted by Gasteiger charge is 2.30. The van der Waals surface area contributed by atoms with E-state index < -0.39 is 0 Å². The van der Waals surface area contributed by atoms with Gasteiger partial charge in [-0.15, -0.1) is 0 Å². The van der Waals surface area contributed by atoms with Crippen LogP contribution < -0.4 is 9.64 Å². The zero-order valence-electron chi connectivity index (χ0n) is 17.6. The van der Waals surface area contributed by atoms with E-state index in [1.807, 2.05) is 6.92 Å². The Morgan fingerprint density at radius 3 is 2.41 bits per heavy atom. The van der Waals surface area contributed by atoms with Gasteiger partial charge in [-0.3, -0.25) is 9.69 Å². The molecule has 0 atom stereocenters. The van der Waals surface area contributed by atoms with Crippen LogP contribution in [0.15, 0.2) is 18.2 Å². The highest BCUT2D eigenvalue weighted by molar-refractivity contribution is 5.80. The summed E-state index contributed by atoms with van der Waals surface area (Å²) in [5, 5.41) is 0. The highest BCUT2D eigenvalue weighted by atomic mass is 16.5. The number of nitrogens with zero attached hydrogens (tertiary/aromatic N) is 2. The summed E-state index contributed by atoms with van der Waals surface area (Å²) in [5.74, 6) is 1.93. The van der Waals surface area contributed by atoms with Crippen molar-refractivity contribution in [3.63, 3.8) is 0 Å². The second-order valence-corrected chi connectivity index (χ2v) is 9.02. The van der Waals surface area contributed by atoms with E-state index in [0.29, 0.717) is 30.1 Å². The van der Waals surface area contributed by atoms with Gasteiger partial charge in [-0.1, -0.05) is 26.8 Å². The third kappa shape index (κ3) is 5.04. The lowest BCUT2D eigenvalue weighted by molar-refractivity contribution is -0.119. The predicted molar refractivity (Wildman–Crippen MR) is 112 cm³/mol. The molecule has 2 fully saturated rings. The lowest BCUT2D eigenvalue weighted by atomic mass is 9.71. The van der Waals surface area contributed by atoms with Gasteiger partial charge in [0.1, 0.15) is 11.5 Å². The van der Waals surface area contributed by atoms with Crippen LogP contribution in [0.25, 0.3) is 0 Å². The number of piperazine rings is 1. The molecular weight excluding hydrogens is 336 g/mol. The first-order chi connectivity index (χ1) is 12.9. The maximum Gasteiger partial charge on any atom is 0.146 e. The van der Waals surface area contributed by atoms with Crippen molar-refractivity contribution in [2.45, 2.75) is 58.8 Å². The van der Waals surface area contributed by atoms with E-state index in [-0.39, 0.29) is 0 Å². The maximum atomic E-state index is 11.8. The minimum atomic E-state index is 0.343. The lowest BCUT2D eigenvalue weighted by Gasteiger charge is -2.39. The second-order valence-electron chi connectivity index (χ2n) is 9.02. The third-order valence-electron chi connectivity index (χ3n) is 6.52. The smallest absolute Gasteiger partial charge is 0.146 e. The van der Waals surface area contributed by atoms with Crippen LogP contribution in [-0.2, 0) is 4.79 Å². The third-order valence-corrected chi connectivity index (χ3v) is 6.52. The van der Waals surface area contributed by atoms with Gasteiger partial charge in [0, 0.05) is 44.4 Å². The van der Waals surface area contributed by atoms with Crippen molar-refractivity contribution in [2.24, 2.45) is 5.41 Å². The van der Waals surface area contributed by atoms with Crippen molar-refractivity contribution < 1.29 is 9.53 Å². The van der Waals surface area contributed by atoms with Gasteiger partial charge in [0.05, 0.1) is 13.7 Å². The van der Waals surface area contributed by atoms with Gasteiger partial charge < -0.3 is 9.64 Å². The summed E-state index contributed by atoms with van der Waals surface area (Å²) >= 11 is 0. The Kier molecular flexibility index (Phi) is 6.46. The maximum absolute atomic E-state index is 11.8. The molecule has 2 aliphatic rings. The molecule has 1 aliphatic heterocycles. The zero-order valence-corrected chi connectivity index (χ0v) is 17.6. The fourth-order valence-electron chi connectivity index (χ4n) is 4.49. The monoisotopic (exact) mass is 372 g/mol. The first kappa shape index (κ1) is 20.2. The molecule has 1 saturated heterocycles. The molecule has 4 nitrogen and oxygen atoms in total. The molecule has 0 amide bonds. The summed E-state index contributed by atoms with van der Waals surface area (Å²) in [6.45, 7) is 11.2. The normalized spacial score (nSPS) is 21.3. The summed E-state index contributed by atoms with van der Waals surface area (Å²) in [6.07, 6.45) is 5.79. The molecule has 0 bridgehead atoms. The fraction of sp³-hybridized carbons (Fsp3) is 0.696. The topological polar surface area (TPSA) is 32.8 Å². The molecule has 1 heterocycles. The van der Waals surface area contributed by atoms with Crippen LogP contribution in [0, 0.1) is 5.41 Å². The average Bonchev–Trinajstić information content (AvgIpc) is 2.68. The van der Waals surface area contributed by atoms with Gasteiger partial charge in [-0.25, -0.2) is 0 Å². The molecule has 1 saturated carbocycles. The Morgan fingerprint density at radius 2 is 1.81 bits per heavy atom. The summed E-state index contributed by atoms with van der Waals surface area (Å²) in [5.41, 5.74) is 3.32. The molecule has 0 unspecified atom stereocenters. The zero-order chi connectivity index (χ0) is 19.4. The highest BCUT2D eigenvalue weighted by Crippen LogP contribution is 2.45. The average molecular weight is 373 g/mol. The van der Waals surface area contributed by atoms with Gasteiger partial charge in [-0.2, -0.15) is 0 Å². The summed E-state index contributed by atoms with van der Waals surface area (Å²) in [4.78, 5) is 16.6. The number of rotatable bonds is 6. The molecule has 0 spiro atoms. The Labute approximate surface area is 164 Å². The molecule has 0 aromatic heterocycles. The number of Topliss-reactive ketones (excluding diaryl/α,β-unsaturated/α-hetero) is 1. The Bertz CT molecular complexity index is 638. The first-order valence-corrected chi connectivity index (χ1v) is 10.6. The van der Waals surface area contributed by atoms with Crippen molar-refractivity contribution in [3.8, 4) is 5.75 Å². The van der Waals surface area contributed by atoms with E-state index in [1.165, 1.54) is 36.9 Å². The molecule has 1 aliphatic carbocycles. The van der Waals surface area contributed by atoms with Crippen LogP contribution in [0.2, 0.25) is 0 Å². The number of hydrogen-bond acceptors (Lipinski definition) is 4. The van der Waals surface area contributed by atoms with Crippen molar-refractivity contribution >= 4 is 11.5 Å². The van der Waals surface area contributed by atoms with Crippen molar-refractivity contribution in [2.75, 3.05) is 44.7 Å². The molecule has 4 heteroatoms. The molecule has 0 N–H and O–H groups in total. The molecule has 0 radical (unpaired) electrons. The molecule has 1 aromatic rings. The minimum absolute atomic E-state index is 0.343. The van der Waals surface area contributed by atoms with E-state index in [0.717, 1.165) is 31.9 Å². The summed E-state index contributed by atoms with van der Waals surface area (Å²) in [6, 6.07) is 6.64. The Morgan fingerprint density at radius 1 is 1.15 bits per heavy atom. The Balaban J connectivity index is 1.73. The van der Waals surface area contributed by atoms with Gasteiger partial charge in [0.25, 0.3) is 0 Å². The predicted octanol–water partition coefficient (Wildman–Crippen LogP) is 4.48. The number of carbonyl (C=O) groups is 1. The van der Waals surface area contributed by atoms with Crippen LogP contribution >= 0.6 is 0 Å². The van der Waals surface area contributed by atoms with E-state index in [9.17, 15) is 4.79 Å². The standard InChI is InChI=1S/C23H36N2O2/c1-5-19(26)17-24-12-14-25(15-13-24)22-16-20(27-4)6-7-21(22)18-8-10-23(2,3)11-9-18/h6-7,16,18H,5,8-15,17H2,1-4H3. The van der Waals surface area contributed by atoms with Gasteiger partial charge in [0.2, 0.25) is 0 Å². The van der Waals surface area contributed by atoms with Gasteiger partial charge in [-0.05, 0) is 48.6 Å². The van der Waals surface area contributed by atoms with E-state index in [1.54, 1.807) is 7.11 Å². The fourth-order valence-corrected chi connectivity index (χ4v) is 4.49. The lowest BCUT2D eigenvalue weighted by Crippen LogP contribution is -2.48. The Hall–Kier alpha value is -1.55. The van der Waals surface area contributed by atoms with Gasteiger partial charge in [0.15, 0.2) is 0 Å². The second kappa shape index (κ2) is 8.64. The molecular formula is C23H36N2O2. The van der Waals surface area contributed by atoms with E-state index in [4.69, 9.17) is 4.74 Å². The number of carbonyl (C=O) groups excluding carboxylic acids is 1. The number of methoxy groups -OCH3 is 1. The number of anilines is 1. The van der Waals surface area contributed by atoms with Crippen LogP contribution in [0.4, 0.5) is 5.69 Å². The molecule has 3 rings (SSSR count). The van der Waals surface area contributed by atoms with Gasteiger partial charge >= 0.3 is 0 Å². The number of ether oxygens (including phenoxy) is 1. The minimum Gasteiger partial charge on any atom is -0.497 e. The quantitative estimate of drug-likeness (QED) is 0.737. The van der Waals surface area contributed by atoms with E-state index in [2.05, 4.69) is 41.8 Å². The first-order valence-electron chi connectivity index (χ1n) is 10.6. The van der Waals surface area contributed by atoms with Crippen LogP contribution in [0.3, 0.4) is 0 Å². The summed E-state index contributed by atoms with van der Waals surface area (Å²) in [7, 11) is 1.75. The number of hydrogen-bond donors (Lipinski definition) is 0. The molecule has 27 heavy (non-hydrogen) atoms. The van der Waals surface area contributed by atoms with Crippen LogP contribution in [0.5, 0.6) is 5.75 Å². The number of benzene rings is 1. The molecule has 150 valence electrons. The largest absolute Gasteiger partial charge is 0.497 e. The van der Waals surface area contributed by atoms with Crippen LogP contribution in [0.1, 0.15) is 64.4 Å². The SMILES string of the molecule is CCC(=O)CN1CCN(c2cc(OC)ccc2C2CCC(C)(C)CC2)CC1. The van der Waals surface area contributed by atoms with Crippen LogP contribution in [-0.4, -0.2) is 50.5 Å². The van der Waals surface area contributed by atoms with Crippen molar-refractivity contribution in [1.82, 2.24) is 4.90 Å². The van der Waals surface area contributed by atoms with Crippen molar-refractivity contribution in [1.29, 1.82) is 0 Å². The van der Waals surface area contributed by atoms with Crippen molar-refractivity contribution in [3.05, 3.63) is 23.8 Å².